The van der Waals surface area contributed by atoms with E-state index in [-0.39, 0.29) is 0 Å². The van der Waals surface area contributed by atoms with Crippen LogP contribution in [0.25, 0.3) is 0 Å². The van der Waals surface area contributed by atoms with Crippen molar-refractivity contribution in [2.24, 2.45) is 0 Å². The van der Waals surface area contributed by atoms with Crippen LogP contribution in [0.15, 0.2) is 0 Å². The minimum atomic E-state index is 1.29. The van der Waals surface area contributed by atoms with Crippen LogP contribution in [0, 0.1) is 0 Å². The lowest BCUT2D eigenvalue weighted by molar-refractivity contribution is 2.08. The SMILES string of the molecule is CBCSI. The Kier molecular flexibility index (Phi) is 6.32. The van der Waals surface area contributed by atoms with Gasteiger partial charge in [-0.05, 0) is 26.9 Å². The fourth-order valence-electron chi connectivity index (χ4n) is 0.0772. The van der Waals surface area contributed by atoms with Crippen LogP contribution in [-0.2, 0) is 0 Å². The average Bonchev–Trinajstić information content (AvgIpc) is 1.41. The Bertz CT molecular complexity index is 17.1. The Morgan fingerprint density at radius 3 is 2.60 bits per heavy atom. The number of hydrogen-bond donors (Lipinski definition) is 0. The lowest BCUT2D eigenvalue weighted by atomic mass is 9.87. The summed E-state index contributed by atoms with van der Waals surface area (Å²) in [6.45, 7) is 2.19. The van der Waals surface area contributed by atoms with Gasteiger partial charge < -0.3 is 0 Å². The first kappa shape index (κ1) is 6.14. The van der Waals surface area contributed by atoms with E-state index in [1.807, 2.05) is 8.93 Å². The number of halogens is 1. The Morgan fingerprint density at radius 1 is 2.00 bits per heavy atom. The largest absolute Gasteiger partial charge is 0.130 e. The second kappa shape index (κ2) is 5.14. The van der Waals surface area contributed by atoms with Crippen LogP contribution >= 0.6 is 30.1 Å². The topological polar surface area (TPSA) is 0 Å². The molecule has 0 bridgehead atoms. The molecule has 0 fully saturated rings. The predicted octanol–water partition coefficient (Wildman–Crippen LogP) is 1.51. The van der Waals surface area contributed by atoms with Crippen molar-refractivity contribution in [2.45, 2.75) is 6.82 Å². The highest BCUT2D eigenvalue weighted by molar-refractivity contribution is 14.2. The lowest BCUT2D eigenvalue weighted by Crippen LogP contribution is -1.79. The Hall–Kier alpha value is 1.14. The molecule has 0 N–H and O–H groups in total. The van der Waals surface area contributed by atoms with Crippen molar-refractivity contribution in [3.05, 3.63) is 0 Å². The molecule has 3 heteroatoms. The molecule has 0 spiro atoms. The van der Waals surface area contributed by atoms with Gasteiger partial charge in [0.05, 0.1) is 0 Å². The van der Waals surface area contributed by atoms with Gasteiger partial charge in [0, 0.05) is 0 Å². The third-order valence-electron chi connectivity index (χ3n) is 0.281. The van der Waals surface area contributed by atoms with Crippen molar-refractivity contribution < 1.29 is 0 Å². The third kappa shape index (κ3) is 5.14. The minimum Gasteiger partial charge on any atom is -0.0979 e. The first-order valence-electron chi connectivity index (χ1n) is 1.65. The maximum absolute atomic E-state index is 2.30. The summed E-state index contributed by atoms with van der Waals surface area (Å²) in [6.07, 6.45) is 0. The zero-order valence-corrected chi connectivity index (χ0v) is 6.17. The van der Waals surface area contributed by atoms with Gasteiger partial charge in [-0.1, -0.05) is 15.8 Å². The molecule has 0 aromatic heterocycles. The molecule has 0 atom stereocenters. The maximum Gasteiger partial charge on any atom is 0.130 e. The van der Waals surface area contributed by atoms with Gasteiger partial charge in [0.25, 0.3) is 0 Å². The van der Waals surface area contributed by atoms with Crippen LogP contribution in [0.5, 0.6) is 0 Å². The summed E-state index contributed by atoms with van der Waals surface area (Å²) < 4.78 is 0. The summed E-state index contributed by atoms with van der Waals surface area (Å²) in [5.74, 6) is 0. The highest BCUT2D eigenvalue weighted by Crippen LogP contribution is 2.07. The normalized spacial score (nSPS) is 7.60. The number of rotatable bonds is 2. The summed E-state index contributed by atoms with van der Waals surface area (Å²) in [6, 6.07) is 0. The molecule has 0 aromatic rings. The van der Waals surface area contributed by atoms with Crippen LogP contribution in [0.2, 0.25) is 6.82 Å². The van der Waals surface area contributed by atoms with Crippen molar-refractivity contribution in [1.82, 2.24) is 0 Å². The van der Waals surface area contributed by atoms with E-state index in [4.69, 9.17) is 0 Å². The van der Waals surface area contributed by atoms with E-state index < -0.39 is 0 Å². The molecule has 0 rings (SSSR count). The van der Waals surface area contributed by atoms with E-state index >= 15 is 0 Å². The lowest BCUT2D eigenvalue weighted by Gasteiger charge is -1.74. The summed E-state index contributed by atoms with van der Waals surface area (Å²) in [5, 5.41) is 0. The van der Waals surface area contributed by atoms with Crippen LogP contribution in [0.1, 0.15) is 0 Å². The zero-order valence-electron chi connectivity index (χ0n) is 3.20. The fraction of sp³-hybridized carbons (Fsp3) is 1.00. The highest BCUT2D eigenvalue weighted by Gasteiger charge is 1.73. The monoisotopic (exact) mass is 200 g/mol. The number of hydrogen-bond acceptors (Lipinski definition) is 1. The van der Waals surface area contributed by atoms with Crippen molar-refractivity contribution in [3.8, 4) is 0 Å². The van der Waals surface area contributed by atoms with E-state index in [9.17, 15) is 0 Å². The first-order chi connectivity index (χ1) is 2.41. The molecule has 0 unspecified atom stereocenters. The van der Waals surface area contributed by atoms with Crippen LogP contribution in [-0.4, -0.2) is 12.9 Å². The van der Waals surface area contributed by atoms with E-state index in [1.54, 1.807) is 0 Å². The third-order valence-corrected chi connectivity index (χ3v) is 2.17. The van der Waals surface area contributed by atoms with Crippen molar-refractivity contribution in [1.29, 1.82) is 0 Å². The van der Waals surface area contributed by atoms with Crippen molar-refractivity contribution in [2.75, 3.05) is 5.65 Å². The molecule has 0 radical (unpaired) electrons. The van der Waals surface area contributed by atoms with Gasteiger partial charge in [-0.2, -0.15) is 0 Å². The van der Waals surface area contributed by atoms with E-state index in [1.165, 1.54) is 12.9 Å². The van der Waals surface area contributed by atoms with Gasteiger partial charge in [-0.3, -0.25) is 0 Å². The Labute approximate surface area is 49.9 Å². The van der Waals surface area contributed by atoms with Gasteiger partial charge in [-0.15, -0.1) is 0 Å². The molecule has 0 aromatic carbocycles. The average molecular weight is 200 g/mol. The fourth-order valence-corrected chi connectivity index (χ4v) is 1.55. The van der Waals surface area contributed by atoms with Gasteiger partial charge in [0.15, 0.2) is 0 Å². The van der Waals surface area contributed by atoms with Crippen LogP contribution in [0.3, 0.4) is 0 Å². The Morgan fingerprint density at radius 2 is 2.60 bits per heavy atom. The highest BCUT2D eigenvalue weighted by atomic mass is 127. The summed E-state index contributed by atoms with van der Waals surface area (Å²) in [4.78, 5) is 0. The molecule has 0 nitrogen and oxygen atoms in total. The molecule has 0 aliphatic carbocycles. The van der Waals surface area contributed by atoms with Crippen LogP contribution < -0.4 is 0 Å². The summed E-state index contributed by atoms with van der Waals surface area (Å²) >= 11 is 2.30. The van der Waals surface area contributed by atoms with Gasteiger partial charge >= 0.3 is 0 Å². The first-order valence-corrected chi connectivity index (χ1v) is 5.18. The smallest absolute Gasteiger partial charge is 0.0979 e. The predicted molar refractivity (Wildman–Crippen MR) is 39.5 cm³/mol. The molecule has 0 heterocycles. The molecular formula is C2H6BIS. The van der Waals surface area contributed by atoms with Gasteiger partial charge in [0.1, 0.15) is 7.28 Å². The van der Waals surface area contributed by atoms with Gasteiger partial charge in [-0.25, -0.2) is 0 Å². The van der Waals surface area contributed by atoms with E-state index in [0.717, 1.165) is 0 Å². The Balaban J connectivity index is 2.19. The second-order valence-corrected chi connectivity index (χ2v) is 3.31. The van der Waals surface area contributed by atoms with Gasteiger partial charge in [0.2, 0.25) is 0 Å². The molecule has 30 valence electrons. The molecule has 0 saturated heterocycles. The quantitative estimate of drug-likeness (QED) is 0.480. The molecule has 0 saturated carbocycles. The standard InChI is InChI=1S/C2H6BIS/c1-3-2-5-4/h3H,2H2,1H3. The van der Waals surface area contributed by atoms with Crippen molar-refractivity contribution >= 4 is 37.4 Å². The molecule has 5 heavy (non-hydrogen) atoms. The zero-order chi connectivity index (χ0) is 4.12. The van der Waals surface area contributed by atoms with Crippen LogP contribution in [0.4, 0.5) is 0 Å². The summed E-state index contributed by atoms with van der Waals surface area (Å²) in [5.41, 5.74) is 1.29. The molecular weight excluding hydrogens is 194 g/mol. The summed E-state index contributed by atoms with van der Waals surface area (Å²) in [7, 11) is 3.17. The molecule has 0 amide bonds. The van der Waals surface area contributed by atoms with Crippen molar-refractivity contribution in [3.63, 3.8) is 0 Å². The molecule has 0 aliphatic heterocycles. The minimum absolute atomic E-state index is 1.29. The molecule has 0 aliphatic rings. The van der Waals surface area contributed by atoms with E-state index in [0.29, 0.717) is 0 Å². The maximum atomic E-state index is 2.30. The van der Waals surface area contributed by atoms with E-state index in [2.05, 4.69) is 28.0 Å². The second-order valence-electron chi connectivity index (χ2n) is 0.813.